The number of hydrogen-bond acceptors (Lipinski definition) is 4. The Kier molecular flexibility index (Phi) is 5.87. The Morgan fingerprint density at radius 3 is 2.44 bits per heavy atom. The predicted molar refractivity (Wildman–Crippen MR) is 89.9 cm³/mol. The fourth-order valence-corrected chi connectivity index (χ4v) is 2.75. The molecule has 0 spiro atoms. The molecule has 0 fully saturated rings. The standard InChI is InChI=1S/C17H17FN2O4S/c1-25(23,24)14-7-4-6-13(11-14)17(22)20-19-16(21)10-9-12-5-2-3-8-15(12)18/h2-8,11H,9-10H2,1H3,(H,19,21)(H,20,22). The first kappa shape index (κ1) is 18.6. The van der Waals surface area contributed by atoms with Gasteiger partial charge >= 0.3 is 0 Å². The molecule has 0 saturated carbocycles. The topological polar surface area (TPSA) is 92.3 Å². The number of halogens is 1. The Labute approximate surface area is 144 Å². The zero-order valence-electron chi connectivity index (χ0n) is 13.5. The molecule has 6 nitrogen and oxygen atoms in total. The van der Waals surface area contributed by atoms with Crippen molar-refractivity contribution < 1.29 is 22.4 Å². The molecule has 2 rings (SSSR count). The number of sulfone groups is 1. The highest BCUT2D eigenvalue weighted by Crippen LogP contribution is 2.11. The van der Waals surface area contributed by atoms with Gasteiger partial charge in [-0.3, -0.25) is 20.4 Å². The molecule has 2 N–H and O–H groups in total. The lowest BCUT2D eigenvalue weighted by Crippen LogP contribution is -2.41. The number of rotatable bonds is 5. The number of amides is 2. The summed E-state index contributed by atoms with van der Waals surface area (Å²) in [6.07, 6.45) is 1.22. The lowest BCUT2D eigenvalue weighted by Gasteiger charge is -2.08. The smallest absolute Gasteiger partial charge is 0.269 e. The fourth-order valence-electron chi connectivity index (χ4n) is 2.08. The van der Waals surface area contributed by atoms with Gasteiger partial charge in [-0.2, -0.15) is 0 Å². The third kappa shape index (κ3) is 5.39. The maximum absolute atomic E-state index is 13.5. The third-order valence-corrected chi connectivity index (χ3v) is 4.53. The minimum absolute atomic E-state index is 0.00558. The van der Waals surface area contributed by atoms with Gasteiger partial charge in [0.05, 0.1) is 4.90 Å². The highest BCUT2D eigenvalue weighted by molar-refractivity contribution is 7.90. The largest absolute Gasteiger partial charge is 0.273 e. The quantitative estimate of drug-likeness (QED) is 0.789. The van der Waals surface area contributed by atoms with Crippen molar-refractivity contribution in [1.29, 1.82) is 0 Å². The van der Waals surface area contributed by atoms with Crippen molar-refractivity contribution in [3.05, 3.63) is 65.5 Å². The molecule has 25 heavy (non-hydrogen) atoms. The number of carbonyl (C=O) groups is 2. The van der Waals surface area contributed by atoms with E-state index in [2.05, 4.69) is 10.9 Å². The maximum atomic E-state index is 13.5. The van der Waals surface area contributed by atoms with Crippen molar-refractivity contribution in [3.8, 4) is 0 Å². The second-order valence-corrected chi connectivity index (χ2v) is 7.41. The van der Waals surface area contributed by atoms with Crippen LogP contribution in [0.1, 0.15) is 22.3 Å². The second kappa shape index (κ2) is 7.89. The molecule has 0 radical (unpaired) electrons. The molecule has 0 heterocycles. The van der Waals surface area contributed by atoms with Crippen molar-refractivity contribution in [3.63, 3.8) is 0 Å². The lowest BCUT2D eigenvalue weighted by atomic mass is 10.1. The van der Waals surface area contributed by atoms with Crippen molar-refractivity contribution in [1.82, 2.24) is 10.9 Å². The zero-order chi connectivity index (χ0) is 18.4. The molecule has 2 aromatic rings. The first-order valence-electron chi connectivity index (χ1n) is 7.40. The van der Waals surface area contributed by atoms with Gasteiger partial charge in [0.25, 0.3) is 5.91 Å². The van der Waals surface area contributed by atoms with E-state index in [9.17, 15) is 22.4 Å². The Balaban J connectivity index is 1.89. The minimum atomic E-state index is -3.44. The van der Waals surface area contributed by atoms with Crippen LogP contribution in [0.25, 0.3) is 0 Å². The van der Waals surface area contributed by atoms with Crippen molar-refractivity contribution >= 4 is 21.7 Å². The van der Waals surface area contributed by atoms with Crippen LogP contribution in [0.3, 0.4) is 0 Å². The minimum Gasteiger partial charge on any atom is -0.273 e. The van der Waals surface area contributed by atoms with Gasteiger partial charge < -0.3 is 0 Å². The van der Waals surface area contributed by atoms with Gasteiger partial charge in [0.15, 0.2) is 9.84 Å². The molecule has 8 heteroatoms. The summed E-state index contributed by atoms with van der Waals surface area (Å²) in [4.78, 5) is 23.7. The van der Waals surface area contributed by atoms with Crippen LogP contribution in [0.5, 0.6) is 0 Å². The Morgan fingerprint density at radius 1 is 1.04 bits per heavy atom. The lowest BCUT2D eigenvalue weighted by molar-refractivity contribution is -0.121. The van der Waals surface area contributed by atoms with Crippen molar-refractivity contribution in [2.45, 2.75) is 17.7 Å². The second-order valence-electron chi connectivity index (χ2n) is 5.39. The van der Waals surface area contributed by atoms with Crippen LogP contribution in [0, 0.1) is 5.82 Å². The van der Waals surface area contributed by atoms with Crippen LogP contribution < -0.4 is 10.9 Å². The summed E-state index contributed by atoms with van der Waals surface area (Å²) in [6.45, 7) is 0. The molecule has 0 aliphatic heterocycles. The van der Waals surface area contributed by atoms with Crippen LogP contribution in [-0.2, 0) is 21.1 Å². The maximum Gasteiger partial charge on any atom is 0.269 e. The molecule has 0 unspecified atom stereocenters. The van der Waals surface area contributed by atoms with Gasteiger partial charge in [0.2, 0.25) is 5.91 Å². The van der Waals surface area contributed by atoms with Gasteiger partial charge in [-0.05, 0) is 36.2 Å². The van der Waals surface area contributed by atoms with Gasteiger partial charge in [-0.1, -0.05) is 24.3 Å². The summed E-state index contributed by atoms with van der Waals surface area (Å²) >= 11 is 0. The molecule has 0 bridgehead atoms. The van der Waals surface area contributed by atoms with E-state index in [0.29, 0.717) is 5.56 Å². The summed E-state index contributed by atoms with van der Waals surface area (Å²) in [7, 11) is -3.44. The van der Waals surface area contributed by atoms with Gasteiger partial charge in [0.1, 0.15) is 5.82 Å². The van der Waals surface area contributed by atoms with Crippen molar-refractivity contribution in [2.24, 2.45) is 0 Å². The number of hydrazine groups is 1. The SMILES string of the molecule is CS(=O)(=O)c1cccc(C(=O)NNC(=O)CCc2ccccc2F)c1. The van der Waals surface area contributed by atoms with E-state index in [0.717, 1.165) is 6.26 Å². The molecular weight excluding hydrogens is 347 g/mol. The molecule has 0 aromatic heterocycles. The van der Waals surface area contributed by atoms with Crippen LogP contribution in [0.2, 0.25) is 0 Å². The molecule has 0 aliphatic carbocycles. The molecule has 0 atom stereocenters. The average Bonchev–Trinajstić information content (AvgIpc) is 2.58. The van der Waals surface area contributed by atoms with E-state index in [-0.39, 0.29) is 23.3 Å². The number of aryl methyl sites for hydroxylation is 1. The summed E-state index contributed by atoms with van der Waals surface area (Å²) < 4.78 is 36.4. The van der Waals surface area contributed by atoms with Gasteiger partial charge in [-0.15, -0.1) is 0 Å². The molecule has 132 valence electrons. The van der Waals surface area contributed by atoms with E-state index in [4.69, 9.17) is 0 Å². The zero-order valence-corrected chi connectivity index (χ0v) is 14.3. The number of benzene rings is 2. The van der Waals surface area contributed by atoms with E-state index in [1.807, 2.05) is 0 Å². The average molecular weight is 364 g/mol. The van der Waals surface area contributed by atoms with E-state index < -0.39 is 27.5 Å². The molecule has 2 aromatic carbocycles. The van der Waals surface area contributed by atoms with Crippen molar-refractivity contribution in [2.75, 3.05) is 6.26 Å². The summed E-state index contributed by atoms with van der Waals surface area (Å²) in [5.41, 5.74) is 4.92. The Bertz CT molecular complexity index is 897. The summed E-state index contributed by atoms with van der Waals surface area (Å²) in [6, 6.07) is 11.6. The molecule has 2 amide bonds. The monoisotopic (exact) mass is 364 g/mol. The first-order valence-corrected chi connectivity index (χ1v) is 9.29. The molecular formula is C17H17FN2O4S. The van der Waals surface area contributed by atoms with E-state index >= 15 is 0 Å². The number of carbonyl (C=O) groups excluding carboxylic acids is 2. The normalized spacial score (nSPS) is 11.0. The van der Waals surface area contributed by atoms with Crippen LogP contribution in [0.4, 0.5) is 4.39 Å². The van der Waals surface area contributed by atoms with Crippen LogP contribution in [0.15, 0.2) is 53.4 Å². The number of nitrogens with one attached hydrogen (secondary N) is 2. The van der Waals surface area contributed by atoms with Crippen LogP contribution >= 0.6 is 0 Å². The fraction of sp³-hybridized carbons (Fsp3) is 0.176. The van der Waals surface area contributed by atoms with Gasteiger partial charge in [-0.25, -0.2) is 12.8 Å². The Hall–Kier alpha value is -2.74. The number of hydrogen-bond donors (Lipinski definition) is 2. The predicted octanol–water partition coefficient (Wildman–Crippen LogP) is 1.62. The van der Waals surface area contributed by atoms with Crippen LogP contribution in [-0.4, -0.2) is 26.5 Å². The van der Waals surface area contributed by atoms with E-state index in [1.165, 1.54) is 30.3 Å². The summed E-state index contributed by atoms with van der Waals surface area (Å²) in [5, 5.41) is 0. The molecule has 0 saturated heterocycles. The molecule has 0 aliphatic rings. The van der Waals surface area contributed by atoms with Gasteiger partial charge in [0, 0.05) is 18.2 Å². The first-order chi connectivity index (χ1) is 11.8. The third-order valence-electron chi connectivity index (χ3n) is 3.42. The highest BCUT2D eigenvalue weighted by Gasteiger charge is 2.12. The highest BCUT2D eigenvalue weighted by atomic mass is 32.2. The Morgan fingerprint density at radius 2 is 1.76 bits per heavy atom. The summed E-state index contributed by atoms with van der Waals surface area (Å²) in [5.74, 6) is -1.53. The van der Waals surface area contributed by atoms with E-state index in [1.54, 1.807) is 18.2 Å².